The van der Waals surface area contributed by atoms with Crippen LogP contribution < -0.4 is 15.8 Å². The summed E-state index contributed by atoms with van der Waals surface area (Å²) in [5.41, 5.74) is -0.0787. The molecule has 2 N–H and O–H groups in total. The molecule has 2 rings (SSSR count). The van der Waals surface area contributed by atoms with Gasteiger partial charge in [-0.3, -0.25) is 4.79 Å². The van der Waals surface area contributed by atoms with Crippen molar-refractivity contribution in [2.75, 3.05) is 31.1 Å². The molecule has 5 nitrogen and oxygen atoms in total. The van der Waals surface area contributed by atoms with Crippen LogP contribution in [0.4, 0.5) is 5.82 Å². The summed E-state index contributed by atoms with van der Waals surface area (Å²) in [6.07, 6.45) is 3.91. The van der Waals surface area contributed by atoms with E-state index in [0.29, 0.717) is 11.8 Å². The summed E-state index contributed by atoms with van der Waals surface area (Å²) in [6.45, 7) is 8.55. The predicted octanol–water partition coefficient (Wildman–Crippen LogP) is 1.23. The molecule has 0 saturated carbocycles. The lowest BCUT2D eigenvalue weighted by Gasteiger charge is -2.33. The van der Waals surface area contributed by atoms with Gasteiger partial charge in [-0.15, -0.1) is 0 Å². The Bertz CT molecular complexity index is 443. The molecule has 0 spiro atoms. The number of H-pyrrole nitrogens is 1. The van der Waals surface area contributed by atoms with E-state index in [1.165, 1.54) is 19.2 Å². The molecule has 19 heavy (non-hydrogen) atoms. The third-order valence-corrected chi connectivity index (χ3v) is 3.49. The van der Waals surface area contributed by atoms with Crippen molar-refractivity contribution in [1.29, 1.82) is 0 Å². The van der Waals surface area contributed by atoms with Crippen LogP contribution in [0, 0.1) is 11.8 Å². The highest BCUT2D eigenvalue weighted by Gasteiger charge is 2.20. The van der Waals surface area contributed by atoms with Gasteiger partial charge in [-0.25, -0.2) is 4.98 Å². The second-order valence-corrected chi connectivity index (χ2v) is 5.78. The summed E-state index contributed by atoms with van der Waals surface area (Å²) < 4.78 is 0. The summed E-state index contributed by atoms with van der Waals surface area (Å²) in [6, 6.07) is 1.59. The zero-order chi connectivity index (χ0) is 13.7. The van der Waals surface area contributed by atoms with Crippen molar-refractivity contribution in [2.45, 2.75) is 26.7 Å². The predicted molar refractivity (Wildman–Crippen MR) is 77.5 cm³/mol. The normalized spacial score (nSPS) is 19.9. The third-order valence-electron chi connectivity index (χ3n) is 3.49. The molecule has 1 saturated heterocycles. The third kappa shape index (κ3) is 4.35. The maximum absolute atomic E-state index is 11.3. The molecule has 0 radical (unpaired) electrons. The highest BCUT2D eigenvalue weighted by Crippen LogP contribution is 2.19. The zero-order valence-electron chi connectivity index (χ0n) is 11.9. The first-order chi connectivity index (χ1) is 9.15. The van der Waals surface area contributed by atoms with Crippen molar-refractivity contribution < 1.29 is 0 Å². The molecule has 1 aromatic heterocycles. The van der Waals surface area contributed by atoms with Crippen molar-refractivity contribution in [2.24, 2.45) is 11.8 Å². The lowest BCUT2D eigenvalue weighted by atomic mass is 9.98. The van der Waals surface area contributed by atoms with E-state index in [9.17, 15) is 4.79 Å². The van der Waals surface area contributed by atoms with E-state index in [0.717, 1.165) is 32.0 Å². The van der Waals surface area contributed by atoms with E-state index < -0.39 is 0 Å². The van der Waals surface area contributed by atoms with Crippen LogP contribution in [0.15, 0.2) is 17.2 Å². The lowest BCUT2D eigenvalue weighted by Crippen LogP contribution is -2.41. The summed E-state index contributed by atoms with van der Waals surface area (Å²) >= 11 is 0. The van der Waals surface area contributed by atoms with Gasteiger partial charge >= 0.3 is 0 Å². The van der Waals surface area contributed by atoms with Gasteiger partial charge in [0.25, 0.3) is 5.56 Å². The van der Waals surface area contributed by atoms with Crippen LogP contribution in [-0.4, -0.2) is 36.1 Å². The molecular formula is C14H24N4O. The van der Waals surface area contributed by atoms with Crippen LogP contribution in [0.5, 0.6) is 0 Å². The van der Waals surface area contributed by atoms with E-state index in [2.05, 4.69) is 34.0 Å². The standard InChI is InChI=1S/C14H24N4O/c1-11(2)7-15-8-12-4-3-5-18(9-12)13-6-14(19)17-10-16-13/h6,10-12,15H,3-5,7-9H2,1-2H3,(H,16,17,19). The molecule has 1 fully saturated rings. The van der Waals surface area contributed by atoms with Gasteiger partial charge < -0.3 is 15.2 Å². The number of aromatic nitrogens is 2. The average molecular weight is 264 g/mol. The fourth-order valence-corrected chi connectivity index (χ4v) is 2.55. The Morgan fingerprint density at radius 3 is 3.16 bits per heavy atom. The molecule has 106 valence electrons. The highest BCUT2D eigenvalue weighted by atomic mass is 16.1. The fourth-order valence-electron chi connectivity index (χ4n) is 2.55. The number of hydrogen-bond donors (Lipinski definition) is 2. The number of rotatable bonds is 5. The smallest absolute Gasteiger partial charge is 0.252 e. The Kier molecular flexibility index (Phi) is 4.96. The fraction of sp³-hybridized carbons (Fsp3) is 0.714. The van der Waals surface area contributed by atoms with Gasteiger partial charge in [0.15, 0.2) is 0 Å². The van der Waals surface area contributed by atoms with Crippen LogP contribution in [0.1, 0.15) is 26.7 Å². The Morgan fingerprint density at radius 2 is 2.42 bits per heavy atom. The molecule has 1 aromatic rings. The van der Waals surface area contributed by atoms with Crippen molar-refractivity contribution in [3.05, 3.63) is 22.7 Å². The topological polar surface area (TPSA) is 61.0 Å². The van der Waals surface area contributed by atoms with Gasteiger partial charge in [0, 0.05) is 19.2 Å². The second-order valence-electron chi connectivity index (χ2n) is 5.78. The number of aromatic amines is 1. The van der Waals surface area contributed by atoms with Gasteiger partial charge in [-0.2, -0.15) is 0 Å². The summed E-state index contributed by atoms with van der Waals surface area (Å²) in [7, 11) is 0. The number of nitrogens with zero attached hydrogens (tertiary/aromatic N) is 2. The van der Waals surface area contributed by atoms with Crippen LogP contribution in [0.25, 0.3) is 0 Å². The second kappa shape index (κ2) is 6.70. The van der Waals surface area contributed by atoms with Crippen LogP contribution in [-0.2, 0) is 0 Å². The van der Waals surface area contributed by atoms with Crippen molar-refractivity contribution >= 4 is 5.82 Å². The van der Waals surface area contributed by atoms with Crippen LogP contribution in [0.3, 0.4) is 0 Å². The molecule has 0 aromatic carbocycles. The molecule has 1 aliphatic heterocycles. The van der Waals surface area contributed by atoms with Crippen LogP contribution >= 0.6 is 0 Å². The Labute approximate surface area is 114 Å². The van der Waals surface area contributed by atoms with E-state index >= 15 is 0 Å². The van der Waals surface area contributed by atoms with Crippen LogP contribution in [0.2, 0.25) is 0 Å². The molecule has 1 unspecified atom stereocenters. The SMILES string of the molecule is CC(C)CNCC1CCCN(c2cc(=O)[nH]cn2)C1. The molecule has 2 heterocycles. The first kappa shape index (κ1) is 14.1. The lowest BCUT2D eigenvalue weighted by molar-refractivity contribution is 0.381. The quantitative estimate of drug-likeness (QED) is 0.840. The van der Waals surface area contributed by atoms with E-state index in [-0.39, 0.29) is 5.56 Å². The molecule has 1 aliphatic rings. The molecule has 1 atom stereocenters. The van der Waals surface area contributed by atoms with Gasteiger partial charge in [0.2, 0.25) is 0 Å². The van der Waals surface area contributed by atoms with Crippen molar-refractivity contribution in [1.82, 2.24) is 15.3 Å². The molecule has 0 bridgehead atoms. The number of nitrogens with one attached hydrogen (secondary N) is 2. The highest BCUT2D eigenvalue weighted by molar-refractivity contribution is 5.36. The molecule has 0 amide bonds. The summed E-state index contributed by atoms with van der Waals surface area (Å²) in [5.74, 6) is 2.14. The molecule has 5 heteroatoms. The van der Waals surface area contributed by atoms with Gasteiger partial charge in [0.05, 0.1) is 6.33 Å². The van der Waals surface area contributed by atoms with Gasteiger partial charge in [-0.05, 0) is 37.8 Å². The summed E-state index contributed by atoms with van der Waals surface area (Å²) in [4.78, 5) is 20.4. The number of anilines is 1. The first-order valence-electron chi connectivity index (χ1n) is 7.15. The first-order valence-corrected chi connectivity index (χ1v) is 7.15. The maximum Gasteiger partial charge on any atom is 0.252 e. The minimum atomic E-state index is -0.0787. The summed E-state index contributed by atoms with van der Waals surface area (Å²) in [5, 5.41) is 3.52. The van der Waals surface area contributed by atoms with E-state index in [1.807, 2.05) is 0 Å². The molecular weight excluding hydrogens is 240 g/mol. The van der Waals surface area contributed by atoms with E-state index in [1.54, 1.807) is 6.07 Å². The van der Waals surface area contributed by atoms with Gasteiger partial charge in [-0.1, -0.05) is 13.8 Å². The Hall–Kier alpha value is -1.36. The number of piperidine rings is 1. The zero-order valence-corrected chi connectivity index (χ0v) is 11.9. The van der Waals surface area contributed by atoms with Crippen molar-refractivity contribution in [3.63, 3.8) is 0 Å². The Morgan fingerprint density at radius 1 is 1.58 bits per heavy atom. The van der Waals surface area contributed by atoms with Gasteiger partial charge in [0.1, 0.15) is 5.82 Å². The average Bonchev–Trinajstić information content (AvgIpc) is 2.39. The number of hydrogen-bond acceptors (Lipinski definition) is 4. The minimum absolute atomic E-state index is 0.0787. The monoisotopic (exact) mass is 264 g/mol. The molecule has 0 aliphatic carbocycles. The van der Waals surface area contributed by atoms with Crippen molar-refractivity contribution in [3.8, 4) is 0 Å². The Balaban J connectivity index is 1.88. The minimum Gasteiger partial charge on any atom is -0.356 e. The maximum atomic E-state index is 11.3. The largest absolute Gasteiger partial charge is 0.356 e. The van der Waals surface area contributed by atoms with E-state index in [4.69, 9.17) is 0 Å².